The molecule has 2 aromatic rings. The van der Waals surface area contributed by atoms with E-state index < -0.39 is 30.1 Å². The van der Waals surface area contributed by atoms with Crippen LogP contribution in [0.2, 0.25) is 0 Å². The van der Waals surface area contributed by atoms with Crippen LogP contribution in [-0.4, -0.2) is 28.5 Å². The van der Waals surface area contributed by atoms with Crippen LogP contribution in [0.15, 0.2) is 12.3 Å². The number of H-pyrrole nitrogens is 1. The summed E-state index contributed by atoms with van der Waals surface area (Å²) < 4.78 is 52.6. The van der Waals surface area contributed by atoms with Gasteiger partial charge in [0.05, 0.1) is 28.5 Å². The highest BCUT2D eigenvalue weighted by Gasteiger charge is 2.54. The average Bonchev–Trinajstić information content (AvgIpc) is 2.88. The smallest absolute Gasteiger partial charge is 0.399 e. The molecule has 1 aliphatic heterocycles. The Hall–Kier alpha value is -1.54. The Morgan fingerprint density at radius 3 is 2.22 bits per heavy atom. The highest BCUT2D eigenvalue weighted by atomic mass is 19.4. The summed E-state index contributed by atoms with van der Waals surface area (Å²) in [6.07, 6.45) is -3.13. The zero-order valence-corrected chi connectivity index (χ0v) is 13.6. The number of fused-ring (bicyclic) bond motifs is 1. The SMILES string of the molecule is Cc1cc2[nH]ncc2c(B2OC(C)(C)C(C)(C)O2)c1C(F)(F)F. The van der Waals surface area contributed by atoms with Crippen molar-refractivity contribution in [2.24, 2.45) is 0 Å². The van der Waals surface area contributed by atoms with Crippen molar-refractivity contribution < 1.29 is 22.5 Å². The van der Waals surface area contributed by atoms with Crippen LogP contribution in [0.4, 0.5) is 13.2 Å². The minimum Gasteiger partial charge on any atom is -0.399 e. The van der Waals surface area contributed by atoms with Gasteiger partial charge in [0.15, 0.2) is 0 Å². The summed E-state index contributed by atoms with van der Waals surface area (Å²) in [6, 6.07) is 1.44. The molecule has 1 aliphatic rings. The van der Waals surface area contributed by atoms with Crippen LogP contribution < -0.4 is 5.46 Å². The molecule has 0 unspecified atom stereocenters. The van der Waals surface area contributed by atoms with E-state index in [1.54, 1.807) is 0 Å². The molecular formula is C15H18BF3N2O2. The molecule has 1 aromatic heterocycles. The monoisotopic (exact) mass is 326 g/mol. The molecule has 4 nitrogen and oxygen atoms in total. The third-order valence-corrected chi connectivity index (χ3v) is 4.76. The first-order chi connectivity index (χ1) is 10.4. The van der Waals surface area contributed by atoms with Gasteiger partial charge in [0.25, 0.3) is 0 Å². The topological polar surface area (TPSA) is 47.1 Å². The van der Waals surface area contributed by atoms with Crippen LogP contribution in [0.3, 0.4) is 0 Å². The Labute approximate surface area is 132 Å². The Morgan fingerprint density at radius 1 is 1.13 bits per heavy atom. The maximum atomic E-state index is 13.6. The molecule has 0 amide bonds. The van der Waals surface area contributed by atoms with Gasteiger partial charge >= 0.3 is 13.3 Å². The quantitative estimate of drug-likeness (QED) is 0.819. The molecule has 0 bridgehead atoms. The van der Waals surface area contributed by atoms with Gasteiger partial charge in [-0.15, -0.1) is 0 Å². The lowest BCUT2D eigenvalue weighted by molar-refractivity contribution is -0.137. The maximum Gasteiger partial charge on any atom is 0.496 e. The van der Waals surface area contributed by atoms with E-state index in [0.717, 1.165) is 0 Å². The summed E-state index contributed by atoms with van der Waals surface area (Å²) >= 11 is 0. The van der Waals surface area contributed by atoms with Gasteiger partial charge < -0.3 is 9.31 Å². The first kappa shape index (κ1) is 16.3. The zero-order chi connectivity index (χ0) is 17.2. The standard InChI is InChI=1S/C15H18BF3N2O2/c1-8-6-10-9(7-20-21-10)12(11(8)15(17,18)19)16-22-13(2,3)14(4,5)23-16/h6-7H,1-5H3,(H,20,21). The van der Waals surface area contributed by atoms with Gasteiger partial charge in [-0.3, -0.25) is 5.10 Å². The average molecular weight is 326 g/mol. The fraction of sp³-hybridized carbons (Fsp3) is 0.533. The number of hydrogen-bond acceptors (Lipinski definition) is 3. The van der Waals surface area contributed by atoms with E-state index in [0.29, 0.717) is 10.9 Å². The lowest BCUT2D eigenvalue weighted by Crippen LogP contribution is -2.41. The third-order valence-electron chi connectivity index (χ3n) is 4.76. The zero-order valence-electron chi connectivity index (χ0n) is 13.6. The number of hydrogen-bond donors (Lipinski definition) is 1. The number of nitrogens with zero attached hydrogens (tertiary/aromatic N) is 1. The number of aromatic amines is 1. The van der Waals surface area contributed by atoms with E-state index >= 15 is 0 Å². The van der Waals surface area contributed by atoms with Gasteiger partial charge in [0.2, 0.25) is 0 Å². The van der Waals surface area contributed by atoms with E-state index in [9.17, 15) is 13.2 Å². The van der Waals surface area contributed by atoms with Gasteiger partial charge in [0, 0.05) is 10.8 Å². The number of halogens is 3. The molecule has 0 radical (unpaired) electrons. The highest BCUT2D eigenvalue weighted by molar-refractivity contribution is 6.65. The fourth-order valence-electron chi connectivity index (χ4n) is 2.84. The summed E-state index contributed by atoms with van der Waals surface area (Å²) in [7, 11) is -1.10. The lowest BCUT2D eigenvalue weighted by atomic mass is 9.72. The van der Waals surface area contributed by atoms with Crippen LogP contribution in [0.1, 0.15) is 38.8 Å². The molecule has 8 heteroatoms. The predicted octanol–water partition coefficient (Wildman–Crippen LogP) is 3.19. The van der Waals surface area contributed by atoms with Crippen LogP contribution in [0.5, 0.6) is 0 Å². The maximum absolute atomic E-state index is 13.6. The van der Waals surface area contributed by atoms with Crippen molar-refractivity contribution in [3.63, 3.8) is 0 Å². The van der Waals surface area contributed by atoms with Gasteiger partial charge in [-0.05, 0) is 46.2 Å². The molecule has 3 rings (SSSR count). The Morgan fingerprint density at radius 2 is 1.70 bits per heavy atom. The van der Waals surface area contributed by atoms with Crippen LogP contribution in [0.25, 0.3) is 10.9 Å². The molecule has 0 saturated carbocycles. The second-order valence-corrected chi connectivity index (χ2v) is 6.90. The number of benzene rings is 1. The Bertz CT molecular complexity index is 752. The van der Waals surface area contributed by atoms with Gasteiger partial charge in [-0.2, -0.15) is 18.3 Å². The molecule has 1 fully saturated rings. The van der Waals surface area contributed by atoms with Crippen molar-refractivity contribution in [1.29, 1.82) is 0 Å². The minimum atomic E-state index is -4.51. The van der Waals surface area contributed by atoms with Crippen molar-refractivity contribution in [1.82, 2.24) is 10.2 Å². The van der Waals surface area contributed by atoms with Crippen LogP contribution in [-0.2, 0) is 15.5 Å². The molecule has 2 heterocycles. The lowest BCUT2D eigenvalue weighted by Gasteiger charge is -2.32. The van der Waals surface area contributed by atoms with Crippen LogP contribution in [0, 0.1) is 6.92 Å². The number of aryl methyl sites for hydroxylation is 1. The number of rotatable bonds is 1. The fourth-order valence-corrected chi connectivity index (χ4v) is 2.84. The first-order valence-electron chi connectivity index (χ1n) is 7.33. The van der Waals surface area contributed by atoms with Gasteiger partial charge in [0.1, 0.15) is 0 Å². The molecular weight excluding hydrogens is 308 g/mol. The summed E-state index contributed by atoms with van der Waals surface area (Å²) in [5, 5.41) is 6.95. The van der Waals surface area contributed by atoms with Crippen molar-refractivity contribution in [2.45, 2.75) is 52.0 Å². The molecule has 0 atom stereocenters. The van der Waals surface area contributed by atoms with Crippen molar-refractivity contribution in [2.75, 3.05) is 0 Å². The summed E-state index contributed by atoms with van der Waals surface area (Å²) in [6.45, 7) is 8.66. The van der Waals surface area contributed by atoms with E-state index in [1.807, 2.05) is 27.7 Å². The molecule has 0 aliphatic carbocycles. The van der Waals surface area contributed by atoms with E-state index in [4.69, 9.17) is 9.31 Å². The molecule has 23 heavy (non-hydrogen) atoms. The molecule has 124 valence electrons. The second-order valence-electron chi connectivity index (χ2n) is 6.90. The summed E-state index contributed by atoms with van der Waals surface area (Å²) in [5.74, 6) is 0. The molecule has 1 N–H and O–H groups in total. The largest absolute Gasteiger partial charge is 0.496 e. The summed E-state index contributed by atoms with van der Waals surface area (Å²) in [5.41, 5.74) is -1.54. The van der Waals surface area contributed by atoms with E-state index in [1.165, 1.54) is 19.2 Å². The number of nitrogens with one attached hydrogen (secondary N) is 1. The van der Waals surface area contributed by atoms with Crippen molar-refractivity contribution in [3.8, 4) is 0 Å². The Kier molecular flexibility index (Phi) is 3.36. The van der Waals surface area contributed by atoms with Gasteiger partial charge in [-0.1, -0.05) is 0 Å². The number of aromatic nitrogens is 2. The molecule has 0 spiro atoms. The highest BCUT2D eigenvalue weighted by Crippen LogP contribution is 2.39. The molecule has 1 aromatic carbocycles. The van der Waals surface area contributed by atoms with Crippen molar-refractivity contribution in [3.05, 3.63) is 23.4 Å². The Balaban J connectivity index is 2.26. The van der Waals surface area contributed by atoms with E-state index in [2.05, 4.69) is 10.2 Å². The first-order valence-corrected chi connectivity index (χ1v) is 7.33. The number of alkyl halides is 3. The predicted molar refractivity (Wildman–Crippen MR) is 81.5 cm³/mol. The van der Waals surface area contributed by atoms with Crippen LogP contribution >= 0.6 is 0 Å². The summed E-state index contributed by atoms with van der Waals surface area (Å²) in [4.78, 5) is 0. The van der Waals surface area contributed by atoms with Crippen molar-refractivity contribution >= 4 is 23.5 Å². The second kappa shape index (κ2) is 4.74. The van der Waals surface area contributed by atoms with Gasteiger partial charge in [-0.25, -0.2) is 0 Å². The van der Waals surface area contributed by atoms with E-state index in [-0.39, 0.29) is 11.0 Å². The minimum absolute atomic E-state index is 0.0140. The third kappa shape index (κ3) is 2.44. The normalized spacial score (nSPS) is 20.4. The molecule has 1 saturated heterocycles.